The maximum atomic E-state index is 5.15. The Hall–Kier alpha value is 0.0900. The second kappa shape index (κ2) is 4.08. The van der Waals surface area contributed by atoms with E-state index in [1.165, 1.54) is 19.3 Å². The molecular weight excluding hydrogens is 288 g/mol. The summed E-state index contributed by atoms with van der Waals surface area (Å²) in [5.74, 6) is 0.705. The Kier molecular flexibility index (Phi) is 2.86. The number of rotatable bonds is 0. The molecule has 0 aromatic heterocycles. The fraction of sp³-hybridized carbons (Fsp3) is 0.900. The number of halogens is 1. The molecule has 0 radical (unpaired) electrons. The van der Waals surface area contributed by atoms with E-state index in [9.17, 15) is 0 Å². The number of hydrogen-bond acceptors (Lipinski definition) is 3. The number of thiocarbonyl (C=S) groups is 1. The first-order chi connectivity index (χ1) is 7.66. The number of fused-ring (bicyclic) bond motifs is 3. The lowest BCUT2D eigenvalue weighted by atomic mass is 9.82. The zero-order valence-corrected chi connectivity index (χ0v) is 11.6. The molecule has 3 aliphatic rings. The predicted octanol–water partition coefficient (Wildman–Crippen LogP) is 0.541. The van der Waals surface area contributed by atoms with Crippen molar-refractivity contribution in [1.82, 2.24) is 21.1 Å². The molecule has 1 saturated carbocycles. The summed E-state index contributed by atoms with van der Waals surface area (Å²) in [4.78, 5) is 3.13. The largest absolute Gasteiger partial charge is 0.345 e. The van der Waals surface area contributed by atoms with Crippen molar-refractivity contribution in [1.29, 1.82) is 0 Å². The summed E-state index contributed by atoms with van der Waals surface area (Å²) in [5, 5.41) is 4.08. The molecule has 2 heterocycles. The van der Waals surface area contributed by atoms with Crippen LogP contribution in [0, 0.1) is 5.92 Å². The maximum absolute atomic E-state index is 5.15. The smallest absolute Gasteiger partial charge is 0.182 e. The second-order valence-electron chi connectivity index (χ2n) is 5.02. The van der Waals surface area contributed by atoms with Gasteiger partial charge in [0.25, 0.3) is 0 Å². The highest BCUT2D eigenvalue weighted by Crippen LogP contribution is 2.40. The number of hydrogen-bond donors (Lipinski definition) is 3. The van der Waals surface area contributed by atoms with Gasteiger partial charge >= 0.3 is 0 Å². The Morgan fingerprint density at radius 3 is 3.06 bits per heavy atom. The molecular formula is C10H17BrN4S. The topological polar surface area (TPSA) is 39.3 Å². The summed E-state index contributed by atoms with van der Waals surface area (Å²) < 4.78 is 0. The van der Waals surface area contributed by atoms with Gasteiger partial charge in [-0.2, -0.15) is 0 Å². The number of nitrogens with one attached hydrogen (secondary N) is 3. The second-order valence-corrected chi connectivity index (χ2v) is 6.72. The van der Waals surface area contributed by atoms with E-state index >= 15 is 0 Å². The van der Waals surface area contributed by atoms with Crippen LogP contribution in [0.15, 0.2) is 0 Å². The number of likely N-dealkylation sites (N-methyl/N-ethyl adjacent to an activating group) is 1. The van der Waals surface area contributed by atoms with Gasteiger partial charge in [0.05, 0.1) is 12.2 Å². The van der Waals surface area contributed by atoms with E-state index < -0.39 is 0 Å². The third-order valence-electron chi connectivity index (χ3n) is 4.19. The Morgan fingerprint density at radius 1 is 1.44 bits per heavy atom. The average molecular weight is 305 g/mol. The summed E-state index contributed by atoms with van der Waals surface area (Å²) in [6.45, 7) is 0. The van der Waals surface area contributed by atoms with E-state index in [0.717, 1.165) is 0 Å². The van der Waals surface area contributed by atoms with Gasteiger partial charge in [0.15, 0.2) is 5.11 Å². The van der Waals surface area contributed by atoms with Crippen LogP contribution < -0.4 is 16.2 Å². The van der Waals surface area contributed by atoms with E-state index in [0.29, 0.717) is 34.1 Å². The van der Waals surface area contributed by atoms with Crippen molar-refractivity contribution in [3.8, 4) is 0 Å². The van der Waals surface area contributed by atoms with Gasteiger partial charge in [0.2, 0.25) is 0 Å². The molecule has 0 bridgehead atoms. The first-order valence-electron chi connectivity index (χ1n) is 5.85. The van der Waals surface area contributed by atoms with Crippen LogP contribution in [-0.2, 0) is 0 Å². The lowest BCUT2D eigenvalue weighted by molar-refractivity contribution is 0.181. The van der Waals surface area contributed by atoms with Gasteiger partial charge in [-0.1, -0.05) is 15.9 Å². The van der Waals surface area contributed by atoms with Crippen LogP contribution in [0.3, 0.4) is 0 Å². The summed E-state index contributed by atoms with van der Waals surface area (Å²) >= 11 is 8.91. The van der Waals surface area contributed by atoms with Crippen molar-refractivity contribution in [3.05, 3.63) is 0 Å². The van der Waals surface area contributed by atoms with Gasteiger partial charge in [0.1, 0.15) is 0 Å². The maximum Gasteiger partial charge on any atom is 0.182 e. The normalized spacial score (nSPS) is 47.9. The molecule has 0 spiro atoms. The minimum Gasteiger partial charge on any atom is -0.345 e. The molecule has 2 saturated heterocycles. The quantitative estimate of drug-likeness (QED) is 0.450. The van der Waals surface area contributed by atoms with E-state index in [-0.39, 0.29) is 0 Å². The molecule has 5 atom stereocenters. The van der Waals surface area contributed by atoms with E-state index in [4.69, 9.17) is 12.2 Å². The molecule has 90 valence electrons. The van der Waals surface area contributed by atoms with Gasteiger partial charge < -0.3 is 5.32 Å². The Labute approximate surface area is 110 Å². The molecule has 3 N–H and O–H groups in total. The lowest BCUT2D eigenvalue weighted by Crippen LogP contribution is -2.66. The van der Waals surface area contributed by atoms with Crippen molar-refractivity contribution in [2.24, 2.45) is 5.92 Å². The van der Waals surface area contributed by atoms with Gasteiger partial charge in [-0.05, 0) is 44.4 Å². The average Bonchev–Trinajstić information content (AvgIpc) is 2.52. The molecule has 0 aromatic rings. The molecule has 16 heavy (non-hydrogen) atoms. The number of alkyl halides is 1. The molecule has 4 nitrogen and oxygen atoms in total. The summed E-state index contributed by atoms with van der Waals surface area (Å²) in [5.41, 5.74) is 6.41. The van der Waals surface area contributed by atoms with Crippen molar-refractivity contribution < 1.29 is 0 Å². The van der Waals surface area contributed by atoms with Crippen LogP contribution >= 0.6 is 28.1 Å². The van der Waals surface area contributed by atoms with Crippen LogP contribution in [0.5, 0.6) is 0 Å². The Bertz CT molecular complexity index is 313. The van der Waals surface area contributed by atoms with Crippen LogP contribution in [0.25, 0.3) is 0 Å². The first kappa shape index (κ1) is 11.2. The fourth-order valence-corrected chi connectivity index (χ4v) is 4.29. The van der Waals surface area contributed by atoms with Crippen molar-refractivity contribution in [2.45, 2.75) is 42.3 Å². The third kappa shape index (κ3) is 1.66. The van der Waals surface area contributed by atoms with Crippen LogP contribution in [0.2, 0.25) is 0 Å². The molecule has 3 rings (SSSR count). The molecule has 6 heteroatoms. The minimum absolute atomic E-state index is 0.349. The highest BCUT2D eigenvalue weighted by atomic mass is 79.9. The molecule has 3 fully saturated rings. The van der Waals surface area contributed by atoms with Gasteiger partial charge in [0, 0.05) is 10.9 Å². The molecule has 5 unspecified atom stereocenters. The zero-order chi connectivity index (χ0) is 11.3. The van der Waals surface area contributed by atoms with Gasteiger partial charge in [-0.25, -0.2) is 5.43 Å². The molecule has 0 amide bonds. The third-order valence-corrected chi connectivity index (χ3v) is 5.24. The number of likely N-dealkylation sites (tertiary alicyclic amines) is 1. The summed E-state index contributed by atoms with van der Waals surface area (Å²) in [6.07, 6.45) is 4.16. The van der Waals surface area contributed by atoms with Crippen molar-refractivity contribution >= 4 is 33.3 Å². The molecule has 2 aliphatic heterocycles. The monoisotopic (exact) mass is 304 g/mol. The van der Waals surface area contributed by atoms with E-state index in [1.54, 1.807) is 0 Å². The number of nitrogens with zero attached hydrogens (tertiary/aromatic N) is 1. The lowest BCUT2D eigenvalue weighted by Gasteiger charge is -2.35. The van der Waals surface area contributed by atoms with E-state index in [1.807, 2.05) is 0 Å². The predicted molar refractivity (Wildman–Crippen MR) is 71.2 cm³/mol. The highest BCUT2D eigenvalue weighted by molar-refractivity contribution is 9.09. The Balaban J connectivity index is 1.82. The van der Waals surface area contributed by atoms with Crippen LogP contribution in [-0.4, -0.2) is 40.1 Å². The van der Waals surface area contributed by atoms with Crippen molar-refractivity contribution in [3.63, 3.8) is 0 Å². The van der Waals surface area contributed by atoms with Crippen LogP contribution in [0.4, 0.5) is 0 Å². The van der Waals surface area contributed by atoms with E-state index in [2.05, 4.69) is 44.0 Å². The van der Waals surface area contributed by atoms with Crippen molar-refractivity contribution in [2.75, 3.05) is 7.05 Å². The summed E-state index contributed by atoms with van der Waals surface area (Å²) in [7, 11) is 2.21. The SMILES string of the molecule is CN1C2CCC(Br)CC2C2NNC(=S)NC21. The zero-order valence-electron chi connectivity index (χ0n) is 9.24. The number of hydrazine groups is 1. The first-order valence-corrected chi connectivity index (χ1v) is 7.17. The fourth-order valence-electron chi connectivity index (χ4n) is 3.42. The summed E-state index contributed by atoms with van der Waals surface area (Å²) in [6, 6.07) is 1.15. The van der Waals surface area contributed by atoms with Gasteiger partial charge in [-0.3, -0.25) is 10.3 Å². The highest BCUT2D eigenvalue weighted by Gasteiger charge is 2.50. The van der Waals surface area contributed by atoms with Gasteiger partial charge in [-0.15, -0.1) is 0 Å². The Morgan fingerprint density at radius 2 is 2.25 bits per heavy atom. The molecule has 0 aromatic carbocycles. The standard InChI is InChI=1S/C10H17BrN4S/c1-15-7-3-2-5(11)4-6(7)8-9(15)12-10(16)14-13-8/h5-9,13H,2-4H2,1H3,(H2,12,14,16). The molecule has 1 aliphatic carbocycles. The van der Waals surface area contributed by atoms with Crippen LogP contribution in [0.1, 0.15) is 19.3 Å². The minimum atomic E-state index is 0.349.